The Balaban J connectivity index is 2.88. The summed E-state index contributed by atoms with van der Waals surface area (Å²) in [6.07, 6.45) is 4.20. The number of nitrogens with zero attached hydrogens (tertiary/aromatic N) is 1. The summed E-state index contributed by atoms with van der Waals surface area (Å²) in [5, 5.41) is 19.1. The molecule has 1 heterocycles. The van der Waals surface area contributed by atoms with E-state index in [0.717, 1.165) is 23.5 Å². The topological polar surface area (TPSA) is 68.5 Å². The van der Waals surface area contributed by atoms with Crippen LogP contribution in [0, 0.1) is 5.41 Å². The van der Waals surface area contributed by atoms with Crippen molar-refractivity contribution in [1.29, 1.82) is 5.41 Å². The Morgan fingerprint density at radius 2 is 2.43 bits per heavy atom. The van der Waals surface area contributed by atoms with Crippen LogP contribution in [0.5, 0.6) is 0 Å². The van der Waals surface area contributed by atoms with Crippen molar-refractivity contribution in [2.75, 3.05) is 6.61 Å². The zero-order valence-corrected chi connectivity index (χ0v) is 8.46. The maximum Gasteiger partial charge on any atom is 0.0846 e. The predicted molar refractivity (Wildman–Crippen MR) is 57.5 cm³/mol. The van der Waals surface area contributed by atoms with Gasteiger partial charge in [0.2, 0.25) is 0 Å². The van der Waals surface area contributed by atoms with Gasteiger partial charge < -0.3 is 15.8 Å². The lowest BCUT2D eigenvalue weighted by Crippen LogP contribution is -2.21. The summed E-state index contributed by atoms with van der Waals surface area (Å²) < 4.78 is 0. The highest BCUT2D eigenvalue weighted by molar-refractivity contribution is 6.07. The second kappa shape index (κ2) is 4.72. The summed E-state index contributed by atoms with van der Waals surface area (Å²) in [6.45, 7) is 3.68. The van der Waals surface area contributed by atoms with Gasteiger partial charge in [-0.3, -0.25) is 4.99 Å². The molecular formula is C10H15N3O. The molecule has 0 spiro atoms. The van der Waals surface area contributed by atoms with E-state index in [1.165, 1.54) is 0 Å². The van der Waals surface area contributed by atoms with E-state index in [4.69, 9.17) is 10.5 Å². The lowest BCUT2D eigenvalue weighted by Gasteiger charge is -2.15. The Hall–Kier alpha value is -1.42. The fourth-order valence-corrected chi connectivity index (χ4v) is 1.19. The Labute approximate surface area is 83.6 Å². The summed E-state index contributed by atoms with van der Waals surface area (Å²) in [6, 6.07) is 0. The molecule has 0 atom stereocenters. The molecule has 1 rings (SSSR count). The Bertz CT molecular complexity index is 326. The van der Waals surface area contributed by atoms with Crippen LogP contribution in [0.25, 0.3) is 0 Å². The molecule has 0 saturated carbocycles. The quantitative estimate of drug-likeness (QED) is 0.589. The average Bonchev–Trinajstić information content (AvgIpc) is 2.20. The molecule has 76 valence electrons. The number of hydrogen-bond donors (Lipinski definition) is 3. The van der Waals surface area contributed by atoms with Gasteiger partial charge in [-0.15, -0.1) is 0 Å². The number of rotatable bonds is 3. The normalized spacial score (nSPS) is 18.6. The molecule has 1 aliphatic heterocycles. The van der Waals surface area contributed by atoms with Gasteiger partial charge in [-0.25, -0.2) is 0 Å². The van der Waals surface area contributed by atoms with Crippen LogP contribution in [-0.2, 0) is 0 Å². The van der Waals surface area contributed by atoms with E-state index in [9.17, 15) is 0 Å². The molecule has 3 N–H and O–H groups in total. The number of allylic oxidation sites excluding steroid dienone is 2. The third-order valence-corrected chi connectivity index (χ3v) is 1.88. The fourth-order valence-electron chi connectivity index (χ4n) is 1.19. The van der Waals surface area contributed by atoms with Gasteiger partial charge in [0.15, 0.2) is 0 Å². The molecule has 0 amide bonds. The van der Waals surface area contributed by atoms with E-state index in [1.54, 1.807) is 12.3 Å². The summed E-state index contributed by atoms with van der Waals surface area (Å²) in [5.74, 6) is 0. The molecule has 0 unspecified atom stereocenters. The van der Waals surface area contributed by atoms with E-state index in [1.807, 2.05) is 13.8 Å². The van der Waals surface area contributed by atoms with Crippen LogP contribution >= 0.6 is 0 Å². The highest BCUT2D eigenvalue weighted by Gasteiger charge is 2.09. The lowest BCUT2D eigenvalue weighted by molar-refractivity contribution is 0.357. The van der Waals surface area contributed by atoms with E-state index < -0.39 is 0 Å². The maximum absolute atomic E-state index is 8.72. The Kier molecular flexibility index (Phi) is 3.59. The average molecular weight is 193 g/mol. The maximum atomic E-state index is 8.72. The minimum absolute atomic E-state index is 0.182. The molecule has 4 nitrogen and oxygen atoms in total. The molecule has 0 aromatic rings. The number of hydrogen-bond acceptors (Lipinski definition) is 4. The van der Waals surface area contributed by atoms with Crippen molar-refractivity contribution in [3.05, 3.63) is 23.7 Å². The molecular weight excluding hydrogens is 178 g/mol. The predicted octanol–water partition coefficient (Wildman–Crippen LogP) is 1.20. The van der Waals surface area contributed by atoms with Gasteiger partial charge in [-0.2, -0.15) is 0 Å². The van der Waals surface area contributed by atoms with Crippen LogP contribution in [0.4, 0.5) is 0 Å². The van der Waals surface area contributed by atoms with Crippen molar-refractivity contribution in [1.82, 2.24) is 5.32 Å². The lowest BCUT2D eigenvalue weighted by atomic mass is 10.1. The minimum atomic E-state index is -0.245. The minimum Gasteiger partial charge on any atom is -0.390 e. The molecule has 0 bridgehead atoms. The van der Waals surface area contributed by atoms with E-state index in [0.29, 0.717) is 0 Å². The summed E-state index contributed by atoms with van der Waals surface area (Å²) in [7, 11) is 0. The van der Waals surface area contributed by atoms with Crippen molar-refractivity contribution >= 4 is 11.4 Å². The summed E-state index contributed by atoms with van der Waals surface area (Å²) >= 11 is 0. The second-order valence-electron chi connectivity index (χ2n) is 3.08. The molecule has 1 aliphatic rings. The highest BCUT2D eigenvalue weighted by Crippen LogP contribution is 2.09. The van der Waals surface area contributed by atoms with Gasteiger partial charge in [0, 0.05) is 6.20 Å². The van der Waals surface area contributed by atoms with Crippen LogP contribution in [0.2, 0.25) is 0 Å². The van der Waals surface area contributed by atoms with Gasteiger partial charge in [0.1, 0.15) is 0 Å². The zero-order valence-electron chi connectivity index (χ0n) is 8.46. The molecule has 0 aliphatic carbocycles. The Morgan fingerprint density at radius 3 is 3.00 bits per heavy atom. The van der Waals surface area contributed by atoms with E-state index in [2.05, 4.69) is 10.3 Å². The van der Waals surface area contributed by atoms with Crippen molar-refractivity contribution in [3.63, 3.8) is 0 Å². The molecule has 14 heavy (non-hydrogen) atoms. The smallest absolute Gasteiger partial charge is 0.0846 e. The monoisotopic (exact) mass is 193 g/mol. The van der Waals surface area contributed by atoms with Gasteiger partial charge in [-0.1, -0.05) is 6.92 Å². The van der Waals surface area contributed by atoms with Crippen LogP contribution < -0.4 is 5.32 Å². The van der Waals surface area contributed by atoms with Gasteiger partial charge >= 0.3 is 0 Å². The van der Waals surface area contributed by atoms with Crippen LogP contribution in [0.1, 0.15) is 20.3 Å². The van der Waals surface area contributed by atoms with Crippen molar-refractivity contribution in [2.45, 2.75) is 20.3 Å². The van der Waals surface area contributed by atoms with E-state index >= 15 is 0 Å². The first-order valence-corrected chi connectivity index (χ1v) is 4.58. The Morgan fingerprint density at radius 1 is 1.71 bits per heavy atom. The van der Waals surface area contributed by atoms with Crippen LogP contribution in [-0.4, -0.2) is 23.1 Å². The van der Waals surface area contributed by atoms with Gasteiger partial charge in [0.25, 0.3) is 0 Å². The summed E-state index contributed by atoms with van der Waals surface area (Å²) in [4.78, 5) is 4.34. The third kappa shape index (κ3) is 2.53. The fraction of sp³-hybridized carbons (Fsp3) is 0.400. The molecule has 0 aromatic heterocycles. The number of nitrogens with one attached hydrogen (secondary N) is 2. The van der Waals surface area contributed by atoms with Gasteiger partial charge in [-0.05, 0) is 19.4 Å². The highest BCUT2D eigenvalue weighted by atomic mass is 16.3. The standard InChI is InChI=1S/C10H15N3O/c1-3-9-10(4-8(11)6-14)12-5-7(2)13-9/h4-5,11-12,14H,3,6H2,1-2H3/b10-4-,11-8?. The largest absolute Gasteiger partial charge is 0.390 e. The van der Waals surface area contributed by atoms with Crippen molar-refractivity contribution in [2.24, 2.45) is 4.99 Å². The zero-order chi connectivity index (χ0) is 10.6. The SMILES string of the molecule is CCC1=NC(C)=CN/C1=C\C(=N)CO. The van der Waals surface area contributed by atoms with Crippen molar-refractivity contribution < 1.29 is 5.11 Å². The van der Waals surface area contributed by atoms with Crippen molar-refractivity contribution in [3.8, 4) is 0 Å². The number of aliphatic hydroxyl groups is 1. The molecule has 0 aromatic carbocycles. The van der Waals surface area contributed by atoms with Crippen LogP contribution in [0.3, 0.4) is 0 Å². The first-order valence-electron chi connectivity index (χ1n) is 4.58. The summed E-state index contributed by atoms with van der Waals surface area (Å²) in [5.41, 5.74) is 2.83. The second-order valence-corrected chi connectivity index (χ2v) is 3.08. The molecule has 0 radical (unpaired) electrons. The first kappa shape index (κ1) is 10.7. The number of aliphatic hydroxyl groups excluding tert-OH is 1. The van der Waals surface area contributed by atoms with Gasteiger partial charge in [0.05, 0.1) is 29.4 Å². The molecule has 0 fully saturated rings. The number of aliphatic imine (C=N–C) groups is 1. The third-order valence-electron chi connectivity index (χ3n) is 1.88. The van der Waals surface area contributed by atoms with Crippen LogP contribution in [0.15, 0.2) is 28.7 Å². The van der Waals surface area contributed by atoms with E-state index in [-0.39, 0.29) is 12.3 Å². The molecule has 0 saturated heterocycles. The molecule has 4 heteroatoms. The first-order chi connectivity index (χ1) is 6.67.